The quantitative estimate of drug-likeness (QED) is 0.942. The Hall–Kier alpha value is -2.21. The summed E-state index contributed by atoms with van der Waals surface area (Å²) in [5, 5.41) is 8.90. The molecule has 0 amide bonds. The summed E-state index contributed by atoms with van der Waals surface area (Å²) in [7, 11) is -3.69. The summed E-state index contributed by atoms with van der Waals surface area (Å²) in [5.41, 5.74) is 0.928. The van der Waals surface area contributed by atoms with Crippen LogP contribution in [0.1, 0.15) is 21.5 Å². The van der Waals surface area contributed by atoms with Gasteiger partial charge in [-0.05, 0) is 48.4 Å². The van der Waals surface area contributed by atoms with E-state index in [9.17, 15) is 17.6 Å². The molecule has 0 aliphatic rings. The third-order valence-electron chi connectivity index (χ3n) is 3.09. The van der Waals surface area contributed by atoms with Gasteiger partial charge in [-0.25, -0.2) is 17.6 Å². The van der Waals surface area contributed by atoms with Crippen LogP contribution in [0.5, 0.6) is 0 Å². The van der Waals surface area contributed by atoms with Crippen LogP contribution in [-0.4, -0.2) is 19.5 Å². The molecule has 0 saturated carbocycles. The fourth-order valence-electron chi connectivity index (χ4n) is 1.93. The van der Waals surface area contributed by atoms with Gasteiger partial charge in [0.15, 0.2) is 9.84 Å². The lowest BCUT2D eigenvalue weighted by Gasteiger charge is -2.08. The largest absolute Gasteiger partial charge is 0.478 e. The fraction of sp³-hybridized carbons (Fsp3) is 0.133. The number of carboxylic acid groups (broad SMARTS) is 1. The summed E-state index contributed by atoms with van der Waals surface area (Å²) in [5.74, 6) is -1.92. The second-order valence-corrected chi connectivity index (χ2v) is 6.65. The average molecular weight is 308 g/mol. The number of carboxylic acids is 1. The number of aryl methyl sites for hydroxylation is 1. The molecule has 21 heavy (non-hydrogen) atoms. The molecule has 0 radical (unpaired) electrons. The minimum Gasteiger partial charge on any atom is -0.478 e. The van der Waals surface area contributed by atoms with Crippen LogP contribution in [0.3, 0.4) is 0 Å². The van der Waals surface area contributed by atoms with E-state index in [1.54, 1.807) is 6.92 Å². The van der Waals surface area contributed by atoms with Gasteiger partial charge in [-0.15, -0.1) is 0 Å². The van der Waals surface area contributed by atoms with Crippen molar-refractivity contribution in [1.29, 1.82) is 0 Å². The minimum absolute atomic E-state index is 0.0638. The van der Waals surface area contributed by atoms with Gasteiger partial charge < -0.3 is 5.11 Å². The molecular formula is C15H13FO4S. The molecule has 0 aliphatic heterocycles. The van der Waals surface area contributed by atoms with E-state index in [1.807, 2.05) is 0 Å². The first kappa shape index (κ1) is 15.2. The summed E-state index contributed by atoms with van der Waals surface area (Å²) in [6.07, 6.45) is 0. The number of aromatic carboxylic acids is 1. The number of hydrogen-bond donors (Lipinski definition) is 1. The predicted molar refractivity (Wildman–Crippen MR) is 75.4 cm³/mol. The minimum atomic E-state index is -3.69. The molecule has 0 atom stereocenters. The van der Waals surface area contributed by atoms with Gasteiger partial charge in [0.25, 0.3) is 0 Å². The van der Waals surface area contributed by atoms with Crippen LogP contribution >= 0.6 is 0 Å². The van der Waals surface area contributed by atoms with Gasteiger partial charge >= 0.3 is 5.97 Å². The number of halogens is 1. The first-order valence-corrected chi connectivity index (χ1v) is 7.76. The molecule has 0 aliphatic carbocycles. The molecule has 110 valence electrons. The van der Waals surface area contributed by atoms with Crippen molar-refractivity contribution in [1.82, 2.24) is 0 Å². The van der Waals surface area contributed by atoms with Crippen LogP contribution in [0.4, 0.5) is 4.39 Å². The highest BCUT2D eigenvalue weighted by molar-refractivity contribution is 7.90. The Bertz CT molecular complexity index is 797. The number of carbonyl (C=O) groups is 1. The highest BCUT2D eigenvalue weighted by Gasteiger charge is 2.18. The van der Waals surface area contributed by atoms with Crippen LogP contribution in [0, 0.1) is 12.7 Å². The molecule has 4 nitrogen and oxygen atoms in total. The molecule has 1 N–H and O–H groups in total. The van der Waals surface area contributed by atoms with E-state index in [2.05, 4.69) is 0 Å². The maximum atomic E-state index is 13.0. The Kier molecular flexibility index (Phi) is 4.09. The number of benzene rings is 2. The van der Waals surface area contributed by atoms with Crippen LogP contribution in [-0.2, 0) is 15.6 Å². The number of sulfone groups is 1. The highest BCUT2D eigenvalue weighted by Crippen LogP contribution is 2.20. The normalized spacial score (nSPS) is 11.3. The van der Waals surface area contributed by atoms with Crippen LogP contribution in [0.2, 0.25) is 0 Å². The lowest BCUT2D eigenvalue weighted by molar-refractivity contribution is 0.0696. The monoisotopic (exact) mass is 308 g/mol. The van der Waals surface area contributed by atoms with Crippen LogP contribution in [0.15, 0.2) is 47.4 Å². The molecule has 0 aromatic heterocycles. The molecule has 6 heteroatoms. The van der Waals surface area contributed by atoms with Gasteiger partial charge in [-0.3, -0.25) is 0 Å². The first-order valence-electron chi connectivity index (χ1n) is 6.11. The lowest BCUT2D eigenvalue weighted by Crippen LogP contribution is -2.08. The molecule has 0 unspecified atom stereocenters. The van der Waals surface area contributed by atoms with Gasteiger partial charge in [0.2, 0.25) is 0 Å². The van der Waals surface area contributed by atoms with E-state index >= 15 is 0 Å². The maximum absolute atomic E-state index is 13.0. The van der Waals surface area contributed by atoms with E-state index in [0.29, 0.717) is 11.1 Å². The van der Waals surface area contributed by atoms with Crippen LogP contribution < -0.4 is 0 Å². The topological polar surface area (TPSA) is 71.4 Å². The van der Waals surface area contributed by atoms with E-state index in [0.717, 1.165) is 6.07 Å². The van der Waals surface area contributed by atoms with E-state index in [4.69, 9.17) is 5.11 Å². The van der Waals surface area contributed by atoms with Gasteiger partial charge in [-0.1, -0.05) is 12.1 Å². The summed E-state index contributed by atoms with van der Waals surface area (Å²) in [6.45, 7) is 1.63. The van der Waals surface area contributed by atoms with Crippen molar-refractivity contribution in [2.45, 2.75) is 17.6 Å². The van der Waals surface area contributed by atoms with Crippen molar-refractivity contribution in [3.05, 3.63) is 65.0 Å². The van der Waals surface area contributed by atoms with Crippen molar-refractivity contribution >= 4 is 15.8 Å². The predicted octanol–water partition coefficient (Wildman–Crippen LogP) is 2.81. The van der Waals surface area contributed by atoms with E-state index < -0.39 is 21.6 Å². The number of hydrogen-bond acceptors (Lipinski definition) is 3. The molecular weight excluding hydrogens is 295 g/mol. The Labute approximate surface area is 121 Å². The van der Waals surface area contributed by atoms with E-state index in [1.165, 1.54) is 36.4 Å². The van der Waals surface area contributed by atoms with Gasteiger partial charge in [-0.2, -0.15) is 0 Å². The van der Waals surface area contributed by atoms with Gasteiger partial charge in [0, 0.05) is 0 Å². The summed E-state index contributed by atoms with van der Waals surface area (Å²) < 4.78 is 37.7. The second-order valence-electron chi connectivity index (χ2n) is 4.66. The molecule has 2 aromatic rings. The highest BCUT2D eigenvalue weighted by atomic mass is 32.2. The fourth-order valence-corrected chi connectivity index (χ4v) is 3.42. The Balaban J connectivity index is 2.38. The summed E-state index contributed by atoms with van der Waals surface area (Å²) in [4.78, 5) is 10.8. The third kappa shape index (κ3) is 3.46. The van der Waals surface area contributed by atoms with Crippen molar-refractivity contribution in [2.24, 2.45) is 0 Å². The molecule has 0 spiro atoms. The van der Waals surface area contributed by atoms with Crippen molar-refractivity contribution in [3.8, 4) is 0 Å². The molecule has 0 heterocycles. The van der Waals surface area contributed by atoms with Gasteiger partial charge in [0.1, 0.15) is 5.82 Å². The Morgan fingerprint density at radius 1 is 1.19 bits per heavy atom. The molecule has 0 saturated heterocycles. The SMILES string of the molecule is Cc1cc(F)ccc1CS(=O)(=O)c1cccc(C(=O)O)c1. The van der Waals surface area contributed by atoms with Crippen molar-refractivity contribution in [2.75, 3.05) is 0 Å². The average Bonchev–Trinajstić information content (AvgIpc) is 2.42. The van der Waals surface area contributed by atoms with Gasteiger partial charge in [0.05, 0.1) is 16.2 Å². The maximum Gasteiger partial charge on any atom is 0.335 e. The summed E-state index contributed by atoms with van der Waals surface area (Å²) in [6, 6.07) is 9.06. The Morgan fingerprint density at radius 3 is 2.52 bits per heavy atom. The zero-order valence-corrected chi connectivity index (χ0v) is 12.0. The van der Waals surface area contributed by atoms with Crippen molar-refractivity contribution < 1.29 is 22.7 Å². The zero-order chi connectivity index (χ0) is 15.6. The lowest BCUT2D eigenvalue weighted by atomic mass is 10.1. The molecule has 0 bridgehead atoms. The molecule has 2 aromatic carbocycles. The van der Waals surface area contributed by atoms with Crippen molar-refractivity contribution in [3.63, 3.8) is 0 Å². The zero-order valence-electron chi connectivity index (χ0n) is 11.2. The standard InChI is InChI=1S/C15H13FO4S/c1-10-7-13(16)6-5-12(10)9-21(19,20)14-4-2-3-11(8-14)15(17)18/h2-8H,9H2,1H3,(H,17,18). The summed E-state index contributed by atoms with van der Waals surface area (Å²) >= 11 is 0. The third-order valence-corrected chi connectivity index (χ3v) is 4.75. The molecule has 0 fully saturated rings. The molecule has 2 rings (SSSR count). The Morgan fingerprint density at radius 2 is 1.90 bits per heavy atom. The second kappa shape index (κ2) is 5.65. The first-order chi connectivity index (χ1) is 9.79. The smallest absolute Gasteiger partial charge is 0.335 e. The van der Waals surface area contributed by atoms with Crippen LogP contribution in [0.25, 0.3) is 0 Å². The number of rotatable bonds is 4. The van der Waals surface area contributed by atoms with E-state index in [-0.39, 0.29) is 16.2 Å².